The molecule has 3 aromatic rings. The van der Waals surface area contributed by atoms with E-state index in [0.29, 0.717) is 25.3 Å². The minimum atomic E-state index is -0.334. The van der Waals surface area contributed by atoms with E-state index >= 15 is 0 Å². The summed E-state index contributed by atoms with van der Waals surface area (Å²) in [5.41, 5.74) is 3.24. The number of benzene rings is 3. The van der Waals surface area contributed by atoms with Crippen LogP contribution in [0.15, 0.2) is 78.9 Å². The second-order valence-electron chi connectivity index (χ2n) is 7.82. The highest BCUT2D eigenvalue weighted by Crippen LogP contribution is 2.35. The Morgan fingerprint density at radius 2 is 1.58 bits per heavy atom. The molecule has 5 heteroatoms. The lowest BCUT2D eigenvalue weighted by Crippen LogP contribution is -2.39. The third-order valence-electron chi connectivity index (χ3n) is 5.48. The van der Waals surface area contributed by atoms with E-state index in [4.69, 9.17) is 4.74 Å². The van der Waals surface area contributed by atoms with Gasteiger partial charge in [0.1, 0.15) is 12.4 Å². The maximum Gasteiger partial charge on any atom is 0.258 e. The van der Waals surface area contributed by atoms with Gasteiger partial charge in [0.2, 0.25) is 5.91 Å². The second kappa shape index (κ2) is 9.04. The highest BCUT2D eigenvalue weighted by atomic mass is 16.5. The Kier molecular flexibility index (Phi) is 6.03. The summed E-state index contributed by atoms with van der Waals surface area (Å²) in [5.74, 6) is 0.322. The van der Waals surface area contributed by atoms with Crippen LogP contribution < -0.4 is 14.5 Å². The molecule has 1 aliphatic rings. The van der Waals surface area contributed by atoms with Crippen LogP contribution in [0.5, 0.6) is 5.75 Å². The molecular formula is C26H26N2O3. The van der Waals surface area contributed by atoms with Crippen LogP contribution in [-0.2, 0) is 4.79 Å². The molecule has 5 nitrogen and oxygen atoms in total. The molecule has 1 atom stereocenters. The standard InChI is InChI=1S/C26H26N2O3/c1-19-12-14-22(15-13-19)31-17-16-27-23-10-6-7-11-24(23)28(18-20(2)25(27)29)26(30)21-8-4-3-5-9-21/h3-15,20H,16-18H2,1-2H3. The molecule has 2 amide bonds. The first kappa shape index (κ1) is 20.7. The van der Waals surface area contributed by atoms with Crippen molar-refractivity contribution in [3.63, 3.8) is 0 Å². The molecule has 0 aliphatic carbocycles. The molecule has 0 saturated carbocycles. The first-order valence-corrected chi connectivity index (χ1v) is 10.5. The number of para-hydroxylation sites is 2. The van der Waals surface area contributed by atoms with E-state index in [1.54, 1.807) is 21.9 Å². The maximum absolute atomic E-state index is 13.3. The van der Waals surface area contributed by atoms with E-state index < -0.39 is 0 Å². The van der Waals surface area contributed by atoms with Crippen molar-refractivity contribution >= 4 is 23.2 Å². The molecule has 3 aromatic carbocycles. The quantitative estimate of drug-likeness (QED) is 0.608. The Bertz CT molecular complexity index is 1060. The van der Waals surface area contributed by atoms with Gasteiger partial charge in [-0.3, -0.25) is 9.59 Å². The first-order valence-electron chi connectivity index (χ1n) is 10.5. The summed E-state index contributed by atoms with van der Waals surface area (Å²) in [7, 11) is 0. The summed E-state index contributed by atoms with van der Waals surface area (Å²) < 4.78 is 5.87. The molecular weight excluding hydrogens is 388 g/mol. The van der Waals surface area contributed by atoms with Gasteiger partial charge in [0.05, 0.1) is 23.8 Å². The van der Waals surface area contributed by atoms with Gasteiger partial charge in [-0.1, -0.05) is 55.0 Å². The molecule has 158 valence electrons. The van der Waals surface area contributed by atoms with Crippen molar-refractivity contribution in [2.24, 2.45) is 5.92 Å². The van der Waals surface area contributed by atoms with Gasteiger partial charge in [-0.05, 0) is 43.3 Å². The van der Waals surface area contributed by atoms with Gasteiger partial charge in [-0.15, -0.1) is 0 Å². The number of anilines is 2. The third-order valence-corrected chi connectivity index (χ3v) is 5.48. The molecule has 0 bridgehead atoms. The summed E-state index contributed by atoms with van der Waals surface area (Å²) in [6, 6.07) is 24.6. The number of carbonyl (C=O) groups excluding carboxylic acids is 2. The molecule has 0 saturated heterocycles. The molecule has 31 heavy (non-hydrogen) atoms. The van der Waals surface area contributed by atoms with E-state index in [2.05, 4.69) is 0 Å². The van der Waals surface area contributed by atoms with Crippen LogP contribution in [0.2, 0.25) is 0 Å². The average Bonchev–Trinajstić information content (AvgIpc) is 2.91. The van der Waals surface area contributed by atoms with Crippen LogP contribution in [0.1, 0.15) is 22.8 Å². The number of hydrogen-bond acceptors (Lipinski definition) is 3. The van der Waals surface area contributed by atoms with Crippen molar-refractivity contribution in [3.05, 3.63) is 90.0 Å². The van der Waals surface area contributed by atoms with E-state index in [9.17, 15) is 9.59 Å². The third kappa shape index (κ3) is 4.45. The van der Waals surface area contributed by atoms with Crippen LogP contribution >= 0.6 is 0 Å². The predicted octanol–water partition coefficient (Wildman–Crippen LogP) is 4.70. The second-order valence-corrected chi connectivity index (χ2v) is 7.82. The van der Waals surface area contributed by atoms with Crippen molar-refractivity contribution in [2.75, 3.05) is 29.5 Å². The summed E-state index contributed by atoms with van der Waals surface area (Å²) in [5, 5.41) is 0. The maximum atomic E-state index is 13.3. The zero-order valence-corrected chi connectivity index (χ0v) is 17.8. The summed E-state index contributed by atoms with van der Waals surface area (Å²) in [6.07, 6.45) is 0. The highest BCUT2D eigenvalue weighted by molar-refractivity contribution is 6.11. The van der Waals surface area contributed by atoms with Crippen molar-refractivity contribution < 1.29 is 14.3 Å². The fourth-order valence-corrected chi connectivity index (χ4v) is 3.80. The zero-order chi connectivity index (χ0) is 21.8. The van der Waals surface area contributed by atoms with E-state index in [1.165, 1.54) is 5.56 Å². The molecule has 0 spiro atoms. The highest BCUT2D eigenvalue weighted by Gasteiger charge is 2.33. The Balaban J connectivity index is 1.60. The van der Waals surface area contributed by atoms with Crippen molar-refractivity contribution in [1.29, 1.82) is 0 Å². The number of fused-ring (bicyclic) bond motifs is 1. The van der Waals surface area contributed by atoms with Crippen molar-refractivity contribution in [3.8, 4) is 5.75 Å². The van der Waals surface area contributed by atoms with Crippen LogP contribution in [0.3, 0.4) is 0 Å². The van der Waals surface area contributed by atoms with Crippen LogP contribution in [0.4, 0.5) is 11.4 Å². The van der Waals surface area contributed by atoms with Gasteiger partial charge >= 0.3 is 0 Å². The monoisotopic (exact) mass is 414 g/mol. The van der Waals surface area contributed by atoms with Crippen LogP contribution in [0.25, 0.3) is 0 Å². The van der Waals surface area contributed by atoms with Crippen molar-refractivity contribution in [2.45, 2.75) is 13.8 Å². The Labute approximate surface area is 182 Å². The number of aryl methyl sites for hydroxylation is 1. The minimum absolute atomic E-state index is 0.0108. The molecule has 1 aliphatic heterocycles. The zero-order valence-electron chi connectivity index (χ0n) is 17.8. The summed E-state index contributed by atoms with van der Waals surface area (Å²) in [4.78, 5) is 30.0. The number of ether oxygens (including phenoxy) is 1. The lowest BCUT2D eigenvalue weighted by atomic mass is 10.1. The SMILES string of the molecule is Cc1ccc(OCCN2C(=O)C(C)CN(C(=O)c3ccccc3)c3ccccc32)cc1. The largest absolute Gasteiger partial charge is 0.492 e. The van der Waals surface area contributed by atoms with Gasteiger partial charge < -0.3 is 14.5 Å². The number of rotatable bonds is 5. The Hall–Kier alpha value is -3.60. The topological polar surface area (TPSA) is 49.9 Å². The van der Waals surface area contributed by atoms with E-state index in [0.717, 1.165) is 17.1 Å². The van der Waals surface area contributed by atoms with Gasteiger partial charge in [0.15, 0.2) is 0 Å². The normalized spacial score (nSPS) is 15.9. The van der Waals surface area contributed by atoms with E-state index in [1.807, 2.05) is 80.6 Å². The average molecular weight is 415 g/mol. The molecule has 4 rings (SSSR count). The summed E-state index contributed by atoms with van der Waals surface area (Å²) >= 11 is 0. The van der Waals surface area contributed by atoms with Gasteiger partial charge in [-0.25, -0.2) is 0 Å². The number of amides is 2. The fraction of sp³-hybridized carbons (Fsp3) is 0.231. The van der Waals surface area contributed by atoms with Gasteiger partial charge in [0.25, 0.3) is 5.91 Å². The van der Waals surface area contributed by atoms with Crippen LogP contribution in [0, 0.1) is 12.8 Å². The van der Waals surface area contributed by atoms with Crippen molar-refractivity contribution in [1.82, 2.24) is 0 Å². The van der Waals surface area contributed by atoms with Crippen LogP contribution in [-0.4, -0.2) is 31.5 Å². The molecule has 0 N–H and O–H groups in total. The predicted molar refractivity (Wildman–Crippen MR) is 123 cm³/mol. The van der Waals surface area contributed by atoms with Gasteiger partial charge in [-0.2, -0.15) is 0 Å². The Morgan fingerprint density at radius 3 is 2.29 bits per heavy atom. The molecule has 0 fully saturated rings. The smallest absolute Gasteiger partial charge is 0.258 e. The minimum Gasteiger partial charge on any atom is -0.492 e. The number of hydrogen-bond donors (Lipinski definition) is 0. The lowest BCUT2D eigenvalue weighted by molar-refractivity contribution is -0.121. The lowest BCUT2D eigenvalue weighted by Gasteiger charge is -2.25. The molecule has 1 heterocycles. The number of nitrogens with zero attached hydrogens (tertiary/aromatic N) is 2. The Morgan fingerprint density at radius 1 is 0.935 bits per heavy atom. The number of carbonyl (C=O) groups is 2. The molecule has 0 aromatic heterocycles. The van der Waals surface area contributed by atoms with Gasteiger partial charge in [0, 0.05) is 12.1 Å². The van der Waals surface area contributed by atoms with E-state index in [-0.39, 0.29) is 17.7 Å². The molecule has 0 radical (unpaired) electrons. The fourth-order valence-electron chi connectivity index (χ4n) is 3.80. The summed E-state index contributed by atoms with van der Waals surface area (Å²) in [6.45, 7) is 5.00. The molecule has 1 unspecified atom stereocenters. The first-order chi connectivity index (χ1) is 15.0.